The van der Waals surface area contributed by atoms with E-state index in [0.717, 1.165) is 0 Å². The Morgan fingerprint density at radius 3 is 2.06 bits per heavy atom. The second kappa shape index (κ2) is 4.55. The number of anilines is 2. The van der Waals surface area contributed by atoms with Gasteiger partial charge in [0.25, 0.3) is 0 Å². The number of nitrogen functional groups attached to an aromatic ring is 1. The summed E-state index contributed by atoms with van der Waals surface area (Å²) in [7, 11) is -2.91. The Balaban J connectivity index is 2.30. The lowest BCUT2D eigenvalue weighted by molar-refractivity contribution is 0.587. The van der Waals surface area contributed by atoms with Crippen LogP contribution in [0.25, 0.3) is 0 Å². The lowest BCUT2D eigenvalue weighted by Crippen LogP contribution is -2.40. The molecule has 17 heavy (non-hydrogen) atoms. The van der Waals surface area contributed by atoms with Crippen molar-refractivity contribution < 1.29 is 8.42 Å². The average Bonchev–Trinajstić information content (AvgIpc) is 2.19. The number of nitrogens with two attached hydrogens (primary N) is 1. The van der Waals surface area contributed by atoms with Crippen LogP contribution in [0, 0.1) is 0 Å². The summed E-state index contributed by atoms with van der Waals surface area (Å²) >= 11 is 12.2. The molecule has 0 spiro atoms. The zero-order valence-electron chi connectivity index (χ0n) is 8.99. The fourth-order valence-corrected chi connectivity index (χ4v) is 3.77. The molecule has 1 aliphatic rings. The monoisotopic (exact) mass is 294 g/mol. The van der Waals surface area contributed by atoms with Gasteiger partial charge in [0.05, 0.1) is 27.2 Å². The van der Waals surface area contributed by atoms with Crippen LogP contribution in [-0.2, 0) is 9.84 Å². The molecule has 7 heteroatoms. The third kappa shape index (κ3) is 2.78. The van der Waals surface area contributed by atoms with E-state index in [2.05, 4.69) is 0 Å². The summed E-state index contributed by atoms with van der Waals surface area (Å²) in [4.78, 5) is 1.88. The van der Waals surface area contributed by atoms with Crippen LogP contribution < -0.4 is 10.6 Å². The quantitative estimate of drug-likeness (QED) is 0.803. The van der Waals surface area contributed by atoms with Crippen molar-refractivity contribution >= 4 is 44.4 Å². The van der Waals surface area contributed by atoms with Crippen molar-refractivity contribution in [2.45, 2.75) is 0 Å². The molecule has 0 bridgehead atoms. The van der Waals surface area contributed by atoms with E-state index in [9.17, 15) is 8.42 Å². The third-order valence-electron chi connectivity index (χ3n) is 2.70. The number of rotatable bonds is 1. The molecule has 1 fully saturated rings. The topological polar surface area (TPSA) is 63.4 Å². The largest absolute Gasteiger partial charge is 0.399 e. The molecule has 0 atom stereocenters. The second-order valence-electron chi connectivity index (χ2n) is 3.97. The first-order valence-electron chi connectivity index (χ1n) is 5.09. The highest BCUT2D eigenvalue weighted by Crippen LogP contribution is 2.36. The maximum atomic E-state index is 11.3. The maximum absolute atomic E-state index is 11.3. The molecule has 0 unspecified atom stereocenters. The molecule has 1 aromatic rings. The van der Waals surface area contributed by atoms with Crippen LogP contribution in [0.3, 0.4) is 0 Å². The van der Waals surface area contributed by atoms with Crippen LogP contribution in [0.15, 0.2) is 12.1 Å². The number of sulfone groups is 1. The molecule has 0 aromatic heterocycles. The van der Waals surface area contributed by atoms with Crippen molar-refractivity contribution in [1.82, 2.24) is 0 Å². The lowest BCUT2D eigenvalue weighted by Gasteiger charge is -2.30. The van der Waals surface area contributed by atoms with Crippen LogP contribution >= 0.6 is 23.2 Å². The van der Waals surface area contributed by atoms with Crippen molar-refractivity contribution in [3.8, 4) is 0 Å². The van der Waals surface area contributed by atoms with Crippen molar-refractivity contribution in [3.63, 3.8) is 0 Å². The summed E-state index contributed by atoms with van der Waals surface area (Å²) in [6.07, 6.45) is 0. The molecule has 0 saturated carbocycles. The molecule has 2 rings (SSSR count). The standard InChI is InChI=1S/C10H12Cl2N2O2S/c11-8-5-7(13)6-9(12)10(8)14-1-3-17(15,16)4-2-14/h5-6H,1-4,13H2. The van der Waals surface area contributed by atoms with Crippen LogP contribution in [0.2, 0.25) is 10.0 Å². The molecule has 0 aliphatic carbocycles. The average molecular weight is 295 g/mol. The number of benzene rings is 1. The Labute approximate surface area is 110 Å². The van der Waals surface area contributed by atoms with E-state index >= 15 is 0 Å². The van der Waals surface area contributed by atoms with E-state index in [0.29, 0.717) is 34.5 Å². The minimum atomic E-state index is -2.91. The van der Waals surface area contributed by atoms with E-state index in [-0.39, 0.29) is 11.5 Å². The fraction of sp³-hybridized carbons (Fsp3) is 0.400. The van der Waals surface area contributed by atoms with Gasteiger partial charge in [-0.2, -0.15) is 0 Å². The molecule has 4 nitrogen and oxygen atoms in total. The smallest absolute Gasteiger partial charge is 0.153 e. The molecule has 0 radical (unpaired) electrons. The Morgan fingerprint density at radius 1 is 1.12 bits per heavy atom. The highest BCUT2D eigenvalue weighted by atomic mass is 35.5. The summed E-state index contributed by atoms with van der Waals surface area (Å²) in [6.45, 7) is 0.817. The van der Waals surface area contributed by atoms with Crippen molar-refractivity contribution in [3.05, 3.63) is 22.2 Å². The van der Waals surface area contributed by atoms with Gasteiger partial charge in [-0.15, -0.1) is 0 Å². The van der Waals surface area contributed by atoms with E-state index in [1.165, 1.54) is 0 Å². The normalized spacial score (nSPS) is 19.3. The number of nitrogens with zero attached hydrogens (tertiary/aromatic N) is 1. The van der Waals surface area contributed by atoms with Gasteiger partial charge in [0.15, 0.2) is 9.84 Å². The van der Waals surface area contributed by atoms with E-state index in [1.807, 2.05) is 4.90 Å². The number of hydrogen-bond acceptors (Lipinski definition) is 4. The van der Waals surface area contributed by atoms with Crippen molar-refractivity contribution in [2.24, 2.45) is 0 Å². The van der Waals surface area contributed by atoms with Crippen molar-refractivity contribution in [1.29, 1.82) is 0 Å². The predicted octanol–water partition coefficient (Wildman–Crippen LogP) is 1.81. The lowest BCUT2D eigenvalue weighted by atomic mass is 10.2. The van der Waals surface area contributed by atoms with Gasteiger partial charge >= 0.3 is 0 Å². The molecule has 1 saturated heterocycles. The maximum Gasteiger partial charge on any atom is 0.153 e. The summed E-state index contributed by atoms with van der Waals surface area (Å²) in [5, 5.41) is 0.906. The Bertz CT molecular complexity index is 508. The molecule has 1 heterocycles. The van der Waals surface area contributed by atoms with Crippen molar-refractivity contribution in [2.75, 3.05) is 35.2 Å². The highest BCUT2D eigenvalue weighted by Gasteiger charge is 2.24. The van der Waals surface area contributed by atoms with E-state index < -0.39 is 9.84 Å². The minimum absolute atomic E-state index is 0.129. The summed E-state index contributed by atoms with van der Waals surface area (Å²) in [5.74, 6) is 0.258. The van der Waals surface area contributed by atoms with Gasteiger partial charge in [0, 0.05) is 18.8 Å². The summed E-state index contributed by atoms with van der Waals surface area (Å²) in [6, 6.07) is 3.23. The molecule has 94 valence electrons. The Morgan fingerprint density at radius 2 is 1.59 bits per heavy atom. The first-order chi connectivity index (χ1) is 7.89. The van der Waals surface area contributed by atoms with Crippen LogP contribution in [0.1, 0.15) is 0 Å². The van der Waals surface area contributed by atoms with Gasteiger partial charge < -0.3 is 10.6 Å². The van der Waals surface area contributed by atoms with Gasteiger partial charge in [-0.3, -0.25) is 0 Å². The predicted molar refractivity (Wildman–Crippen MR) is 71.7 cm³/mol. The van der Waals surface area contributed by atoms with E-state index in [4.69, 9.17) is 28.9 Å². The zero-order valence-corrected chi connectivity index (χ0v) is 11.3. The Kier molecular flexibility index (Phi) is 3.43. The number of halogens is 2. The fourth-order valence-electron chi connectivity index (χ4n) is 1.82. The first-order valence-corrected chi connectivity index (χ1v) is 7.67. The SMILES string of the molecule is Nc1cc(Cl)c(N2CCS(=O)(=O)CC2)c(Cl)c1. The molecule has 2 N–H and O–H groups in total. The summed E-state index contributed by atoms with van der Waals surface area (Å²) in [5.41, 5.74) is 6.78. The summed E-state index contributed by atoms with van der Waals surface area (Å²) < 4.78 is 22.7. The molecule has 1 aromatic carbocycles. The molecular formula is C10H12Cl2N2O2S. The van der Waals surface area contributed by atoms with Crippen LogP contribution in [0.5, 0.6) is 0 Å². The third-order valence-corrected chi connectivity index (χ3v) is 4.89. The Hall–Kier alpha value is -0.650. The van der Waals surface area contributed by atoms with Gasteiger partial charge in [0.1, 0.15) is 0 Å². The van der Waals surface area contributed by atoms with Crippen LogP contribution in [-0.4, -0.2) is 33.0 Å². The molecular weight excluding hydrogens is 283 g/mol. The number of hydrogen-bond donors (Lipinski definition) is 1. The zero-order chi connectivity index (χ0) is 12.6. The minimum Gasteiger partial charge on any atom is -0.399 e. The van der Waals surface area contributed by atoms with E-state index in [1.54, 1.807) is 12.1 Å². The highest BCUT2D eigenvalue weighted by molar-refractivity contribution is 7.91. The van der Waals surface area contributed by atoms with Gasteiger partial charge in [0.2, 0.25) is 0 Å². The van der Waals surface area contributed by atoms with Gasteiger partial charge in [-0.05, 0) is 12.1 Å². The molecule has 1 aliphatic heterocycles. The van der Waals surface area contributed by atoms with Crippen LogP contribution in [0.4, 0.5) is 11.4 Å². The molecule has 0 amide bonds. The second-order valence-corrected chi connectivity index (χ2v) is 7.09. The van der Waals surface area contributed by atoms with Gasteiger partial charge in [-0.25, -0.2) is 8.42 Å². The van der Waals surface area contributed by atoms with Gasteiger partial charge in [-0.1, -0.05) is 23.2 Å². The first kappa shape index (κ1) is 12.8.